The summed E-state index contributed by atoms with van der Waals surface area (Å²) in [6, 6.07) is 1.91. The van der Waals surface area contributed by atoms with Crippen LogP contribution in [-0.4, -0.2) is 6.18 Å². The van der Waals surface area contributed by atoms with E-state index in [0.717, 1.165) is 0 Å². The molecule has 6 heteroatoms. The van der Waals surface area contributed by atoms with E-state index in [2.05, 4.69) is 15.9 Å². The van der Waals surface area contributed by atoms with Gasteiger partial charge in [-0.05, 0) is 25.0 Å². The van der Waals surface area contributed by atoms with Gasteiger partial charge in [0, 0.05) is 22.9 Å². The summed E-state index contributed by atoms with van der Waals surface area (Å²) in [6.07, 6.45) is -5.58. The first kappa shape index (κ1) is 14.4. The zero-order valence-corrected chi connectivity index (χ0v) is 10.5. The Kier molecular flexibility index (Phi) is 4.52. The average Bonchev–Trinajstić information content (AvgIpc) is 2.19. The van der Waals surface area contributed by atoms with E-state index in [4.69, 9.17) is 0 Å². The van der Waals surface area contributed by atoms with Crippen LogP contribution in [0.1, 0.15) is 28.8 Å². The normalized spacial score (nSPS) is 13.8. The number of hydrogen-bond donors (Lipinski definition) is 0. The van der Waals surface area contributed by atoms with Crippen LogP contribution in [0, 0.1) is 18.6 Å². The molecule has 0 aliphatic carbocycles. The fourth-order valence-electron chi connectivity index (χ4n) is 1.37. The average molecular weight is 317 g/mol. The van der Waals surface area contributed by atoms with Crippen LogP contribution in [-0.2, 0) is 0 Å². The first-order valence-electron chi connectivity index (χ1n) is 4.87. The van der Waals surface area contributed by atoms with Gasteiger partial charge in [-0.3, -0.25) is 0 Å². The van der Waals surface area contributed by atoms with Crippen molar-refractivity contribution in [1.29, 1.82) is 0 Å². The maximum atomic E-state index is 13.3. The number of aryl methyl sites for hydroxylation is 1. The molecule has 0 bridgehead atoms. The first-order chi connectivity index (χ1) is 7.70. The molecule has 0 saturated carbocycles. The van der Waals surface area contributed by atoms with Gasteiger partial charge in [0.25, 0.3) is 0 Å². The SMILES string of the molecule is Cc1cc(C(Br)CCC(F)(F)F)c(F)cc1F. The zero-order chi connectivity index (χ0) is 13.2. The first-order valence-corrected chi connectivity index (χ1v) is 5.78. The van der Waals surface area contributed by atoms with Gasteiger partial charge in [0.2, 0.25) is 0 Å². The van der Waals surface area contributed by atoms with Crippen LogP contribution >= 0.6 is 15.9 Å². The molecule has 96 valence electrons. The lowest BCUT2D eigenvalue weighted by atomic mass is 10.0. The molecule has 1 aromatic rings. The number of benzene rings is 1. The molecule has 0 heterocycles. The van der Waals surface area contributed by atoms with Gasteiger partial charge in [-0.25, -0.2) is 8.78 Å². The van der Waals surface area contributed by atoms with Crippen molar-refractivity contribution < 1.29 is 22.0 Å². The Morgan fingerprint density at radius 3 is 2.29 bits per heavy atom. The molecule has 1 unspecified atom stereocenters. The Morgan fingerprint density at radius 2 is 1.76 bits per heavy atom. The second-order valence-corrected chi connectivity index (χ2v) is 4.85. The van der Waals surface area contributed by atoms with E-state index in [0.29, 0.717) is 6.07 Å². The summed E-state index contributed by atoms with van der Waals surface area (Å²) in [5.74, 6) is -1.54. The van der Waals surface area contributed by atoms with Crippen LogP contribution in [0.5, 0.6) is 0 Å². The van der Waals surface area contributed by atoms with E-state index in [-0.39, 0.29) is 17.5 Å². The van der Waals surface area contributed by atoms with Gasteiger partial charge in [-0.2, -0.15) is 13.2 Å². The number of rotatable bonds is 3. The van der Waals surface area contributed by atoms with Crippen LogP contribution in [0.3, 0.4) is 0 Å². The van der Waals surface area contributed by atoms with E-state index < -0.39 is 29.1 Å². The molecule has 0 saturated heterocycles. The summed E-state index contributed by atoms with van der Waals surface area (Å²) < 4.78 is 62.3. The van der Waals surface area contributed by atoms with Gasteiger partial charge in [0.1, 0.15) is 11.6 Å². The van der Waals surface area contributed by atoms with Crippen molar-refractivity contribution in [3.8, 4) is 0 Å². The fourth-order valence-corrected chi connectivity index (χ4v) is 1.95. The molecular weight excluding hydrogens is 307 g/mol. The predicted octanol–water partition coefficient (Wildman–Crippen LogP) is 5.05. The molecule has 0 aliphatic heterocycles. The number of hydrogen-bond acceptors (Lipinski definition) is 0. The smallest absolute Gasteiger partial charge is 0.207 e. The summed E-state index contributed by atoms with van der Waals surface area (Å²) in [6.45, 7) is 1.43. The Hall–Kier alpha value is -0.650. The minimum atomic E-state index is -4.28. The molecular formula is C11H10BrF5. The van der Waals surface area contributed by atoms with Crippen LogP contribution in [0.25, 0.3) is 0 Å². The summed E-state index contributed by atoms with van der Waals surface area (Å²) >= 11 is 2.99. The van der Waals surface area contributed by atoms with Crippen LogP contribution in [0.4, 0.5) is 22.0 Å². The second kappa shape index (κ2) is 5.33. The van der Waals surface area contributed by atoms with E-state index in [1.54, 1.807) is 0 Å². The van der Waals surface area contributed by atoms with Gasteiger partial charge in [-0.1, -0.05) is 15.9 Å². The summed E-state index contributed by atoms with van der Waals surface area (Å²) in [7, 11) is 0. The third-order valence-corrected chi connectivity index (χ3v) is 3.25. The minimum absolute atomic E-state index is 0.0492. The molecule has 0 spiro atoms. The van der Waals surface area contributed by atoms with Gasteiger partial charge in [0.15, 0.2) is 0 Å². The maximum absolute atomic E-state index is 13.3. The van der Waals surface area contributed by atoms with E-state index in [1.165, 1.54) is 13.0 Å². The van der Waals surface area contributed by atoms with Crippen molar-refractivity contribution in [1.82, 2.24) is 0 Å². The second-order valence-electron chi connectivity index (χ2n) is 3.74. The largest absolute Gasteiger partial charge is 0.389 e. The van der Waals surface area contributed by atoms with Crippen molar-refractivity contribution in [2.45, 2.75) is 30.8 Å². The van der Waals surface area contributed by atoms with Gasteiger partial charge < -0.3 is 0 Å². The highest BCUT2D eigenvalue weighted by Crippen LogP contribution is 2.34. The monoisotopic (exact) mass is 316 g/mol. The van der Waals surface area contributed by atoms with Gasteiger partial charge >= 0.3 is 6.18 Å². The Bertz CT molecular complexity index is 400. The molecule has 0 N–H and O–H groups in total. The van der Waals surface area contributed by atoms with Crippen molar-refractivity contribution in [2.24, 2.45) is 0 Å². The molecule has 0 amide bonds. The Labute approximate surface area is 104 Å². The molecule has 17 heavy (non-hydrogen) atoms. The van der Waals surface area contributed by atoms with Crippen molar-refractivity contribution in [2.75, 3.05) is 0 Å². The molecule has 1 rings (SSSR count). The lowest BCUT2D eigenvalue weighted by Crippen LogP contribution is -2.09. The number of alkyl halides is 4. The topological polar surface area (TPSA) is 0 Å². The summed E-state index contributed by atoms with van der Waals surface area (Å²) in [5.41, 5.74) is 0.256. The van der Waals surface area contributed by atoms with Crippen LogP contribution < -0.4 is 0 Å². The summed E-state index contributed by atoms with van der Waals surface area (Å²) in [5, 5.41) is 0. The molecule has 0 aromatic heterocycles. The van der Waals surface area contributed by atoms with Crippen LogP contribution in [0.15, 0.2) is 12.1 Å². The van der Waals surface area contributed by atoms with Crippen molar-refractivity contribution in [3.05, 3.63) is 34.9 Å². The predicted molar refractivity (Wildman–Crippen MR) is 58.1 cm³/mol. The maximum Gasteiger partial charge on any atom is 0.389 e. The van der Waals surface area contributed by atoms with Crippen molar-refractivity contribution >= 4 is 15.9 Å². The standard InChI is InChI=1S/C11H10BrF5/c1-6-4-7(10(14)5-9(6)13)8(12)2-3-11(15,16)17/h4-5,8H,2-3H2,1H3. The Balaban J connectivity index is 2.82. The molecule has 0 nitrogen and oxygen atoms in total. The minimum Gasteiger partial charge on any atom is -0.207 e. The third-order valence-electron chi connectivity index (χ3n) is 2.30. The number of halogens is 6. The molecule has 0 fully saturated rings. The van der Waals surface area contributed by atoms with E-state index >= 15 is 0 Å². The highest BCUT2D eigenvalue weighted by Gasteiger charge is 2.28. The van der Waals surface area contributed by atoms with E-state index in [9.17, 15) is 22.0 Å². The molecule has 0 radical (unpaired) electrons. The highest BCUT2D eigenvalue weighted by atomic mass is 79.9. The Morgan fingerprint density at radius 1 is 1.18 bits per heavy atom. The zero-order valence-electron chi connectivity index (χ0n) is 8.91. The molecule has 1 atom stereocenters. The third kappa shape index (κ3) is 4.26. The van der Waals surface area contributed by atoms with Gasteiger partial charge in [-0.15, -0.1) is 0 Å². The highest BCUT2D eigenvalue weighted by molar-refractivity contribution is 9.09. The lowest BCUT2D eigenvalue weighted by Gasteiger charge is -2.13. The van der Waals surface area contributed by atoms with Crippen LogP contribution in [0.2, 0.25) is 0 Å². The van der Waals surface area contributed by atoms with E-state index in [1.807, 2.05) is 0 Å². The summed E-state index contributed by atoms with van der Waals surface area (Å²) in [4.78, 5) is -0.775. The molecule has 0 aliphatic rings. The quantitative estimate of drug-likeness (QED) is 0.540. The lowest BCUT2D eigenvalue weighted by molar-refractivity contribution is -0.135. The molecule has 1 aromatic carbocycles. The van der Waals surface area contributed by atoms with Gasteiger partial charge in [0.05, 0.1) is 0 Å². The van der Waals surface area contributed by atoms with Crippen molar-refractivity contribution in [3.63, 3.8) is 0 Å². The fraction of sp³-hybridized carbons (Fsp3) is 0.455.